The number of nitrogens with zero attached hydrogens (tertiary/aromatic N) is 1. The number of thiophene rings is 1. The normalized spacial score (nSPS) is 10.8. The van der Waals surface area contributed by atoms with Gasteiger partial charge in [-0.05, 0) is 24.3 Å². The van der Waals surface area contributed by atoms with Crippen molar-refractivity contribution in [3.8, 4) is 0 Å². The van der Waals surface area contributed by atoms with Gasteiger partial charge < -0.3 is 5.11 Å². The predicted molar refractivity (Wildman–Crippen MR) is 82.2 cm³/mol. The summed E-state index contributed by atoms with van der Waals surface area (Å²) in [4.78, 5) is 17.5. The molecule has 2 heterocycles. The number of benzene rings is 1. The van der Waals surface area contributed by atoms with E-state index in [0.29, 0.717) is 9.90 Å². The van der Waals surface area contributed by atoms with Crippen molar-refractivity contribution in [2.45, 2.75) is 9.79 Å². The minimum Gasteiger partial charge on any atom is -0.477 e. The molecule has 0 bridgehead atoms. The zero-order valence-corrected chi connectivity index (χ0v) is 12.4. The van der Waals surface area contributed by atoms with Crippen molar-refractivity contribution in [2.75, 3.05) is 0 Å². The van der Waals surface area contributed by atoms with Crippen LogP contribution in [0.1, 0.15) is 9.67 Å². The molecule has 0 radical (unpaired) electrons. The highest BCUT2D eigenvalue weighted by Gasteiger charge is 2.09. The van der Waals surface area contributed by atoms with Gasteiger partial charge in [0.25, 0.3) is 0 Å². The monoisotopic (exact) mass is 321 g/mol. The molecule has 6 heteroatoms. The molecule has 0 amide bonds. The minimum absolute atomic E-state index is 0.342. The number of rotatable bonds is 3. The number of aromatic carboxylic acids is 1. The maximum Gasteiger partial charge on any atom is 0.345 e. The van der Waals surface area contributed by atoms with Crippen molar-refractivity contribution in [3.05, 3.63) is 51.8 Å². The van der Waals surface area contributed by atoms with Crippen LogP contribution >= 0.6 is 34.7 Å². The molecule has 1 aromatic carbocycles. The fourth-order valence-corrected chi connectivity index (χ4v) is 3.82. The molecule has 1 N–H and O–H groups in total. The lowest BCUT2D eigenvalue weighted by molar-refractivity contribution is 0.0702. The highest BCUT2D eigenvalue weighted by Crippen LogP contribution is 2.35. The molecule has 0 saturated carbocycles. The summed E-state index contributed by atoms with van der Waals surface area (Å²) in [7, 11) is 0. The van der Waals surface area contributed by atoms with Crippen LogP contribution in [0.5, 0.6) is 0 Å². The number of hydrogen-bond acceptors (Lipinski definition) is 4. The molecule has 100 valence electrons. The molecule has 0 aliphatic heterocycles. The van der Waals surface area contributed by atoms with Gasteiger partial charge in [-0.3, -0.25) is 4.98 Å². The van der Waals surface area contributed by atoms with Crippen molar-refractivity contribution in [1.29, 1.82) is 0 Å². The summed E-state index contributed by atoms with van der Waals surface area (Å²) >= 11 is 8.71. The average Bonchev–Trinajstić information content (AvgIpc) is 2.87. The fourth-order valence-electron chi connectivity index (χ4n) is 1.80. The van der Waals surface area contributed by atoms with Crippen LogP contribution in [0.25, 0.3) is 10.9 Å². The fraction of sp³-hybridized carbons (Fsp3) is 0. The summed E-state index contributed by atoms with van der Waals surface area (Å²) in [6, 6.07) is 9.17. The third-order valence-corrected chi connectivity index (χ3v) is 5.03. The van der Waals surface area contributed by atoms with E-state index in [1.165, 1.54) is 23.1 Å². The molecule has 20 heavy (non-hydrogen) atoms. The number of hydrogen-bond donors (Lipinski definition) is 1. The van der Waals surface area contributed by atoms with Gasteiger partial charge in [0.05, 0.1) is 5.52 Å². The second kappa shape index (κ2) is 5.44. The summed E-state index contributed by atoms with van der Waals surface area (Å²) in [6.45, 7) is 0. The first kappa shape index (κ1) is 13.4. The van der Waals surface area contributed by atoms with Crippen LogP contribution in [0.2, 0.25) is 5.02 Å². The number of carbonyl (C=O) groups is 1. The van der Waals surface area contributed by atoms with E-state index in [0.717, 1.165) is 20.7 Å². The van der Waals surface area contributed by atoms with E-state index in [1.54, 1.807) is 12.3 Å². The van der Waals surface area contributed by atoms with Gasteiger partial charge in [-0.2, -0.15) is 0 Å². The zero-order chi connectivity index (χ0) is 14.1. The SMILES string of the molecule is O=C(O)c1cc(Sc2ccnc3cc(Cl)ccc23)cs1. The molecule has 0 fully saturated rings. The maximum atomic E-state index is 10.9. The Balaban J connectivity index is 1.99. The molecule has 0 aliphatic carbocycles. The smallest absolute Gasteiger partial charge is 0.345 e. The average molecular weight is 322 g/mol. The van der Waals surface area contributed by atoms with Crippen LogP contribution in [0.3, 0.4) is 0 Å². The Morgan fingerprint density at radius 2 is 2.15 bits per heavy atom. The van der Waals surface area contributed by atoms with E-state index in [9.17, 15) is 4.79 Å². The summed E-state index contributed by atoms with van der Waals surface area (Å²) in [5, 5.41) is 12.4. The largest absolute Gasteiger partial charge is 0.477 e. The van der Waals surface area contributed by atoms with E-state index < -0.39 is 5.97 Å². The van der Waals surface area contributed by atoms with Gasteiger partial charge in [0.1, 0.15) is 4.88 Å². The standard InChI is InChI=1S/C14H8ClNO2S2/c15-8-1-2-10-11(5-8)16-4-3-12(10)20-9-6-13(14(17)18)19-7-9/h1-7H,(H,17,18). The summed E-state index contributed by atoms with van der Waals surface area (Å²) in [5.41, 5.74) is 0.830. The highest BCUT2D eigenvalue weighted by atomic mass is 35.5. The van der Waals surface area contributed by atoms with Crippen molar-refractivity contribution < 1.29 is 9.90 Å². The third-order valence-electron chi connectivity index (χ3n) is 2.68. The molecule has 3 nitrogen and oxygen atoms in total. The van der Waals surface area contributed by atoms with Gasteiger partial charge >= 0.3 is 5.97 Å². The summed E-state index contributed by atoms with van der Waals surface area (Å²) in [5.74, 6) is -0.895. The molecule has 3 aromatic rings. The second-order valence-electron chi connectivity index (χ2n) is 4.02. The van der Waals surface area contributed by atoms with E-state index in [4.69, 9.17) is 16.7 Å². The number of carboxylic acid groups (broad SMARTS) is 1. The van der Waals surface area contributed by atoms with E-state index in [-0.39, 0.29) is 0 Å². The Kier molecular flexibility index (Phi) is 3.65. The van der Waals surface area contributed by atoms with Gasteiger partial charge in [0.15, 0.2) is 0 Å². The molecule has 2 aromatic heterocycles. The third kappa shape index (κ3) is 2.65. The van der Waals surface area contributed by atoms with E-state index in [1.807, 2.05) is 29.6 Å². The van der Waals surface area contributed by atoms with Crippen LogP contribution in [-0.2, 0) is 0 Å². The van der Waals surface area contributed by atoms with Crippen molar-refractivity contribution >= 4 is 51.6 Å². The van der Waals surface area contributed by atoms with Crippen LogP contribution in [-0.4, -0.2) is 16.1 Å². The van der Waals surface area contributed by atoms with Crippen LogP contribution in [0, 0.1) is 0 Å². The van der Waals surface area contributed by atoms with E-state index in [2.05, 4.69) is 4.98 Å². The molecule has 0 atom stereocenters. The predicted octanol–water partition coefficient (Wildman–Crippen LogP) is 4.80. The zero-order valence-electron chi connectivity index (χ0n) is 10.0. The highest BCUT2D eigenvalue weighted by molar-refractivity contribution is 7.99. The van der Waals surface area contributed by atoms with Gasteiger partial charge in [-0.1, -0.05) is 29.4 Å². The molecular weight excluding hydrogens is 314 g/mol. The first-order chi connectivity index (χ1) is 9.63. The second-order valence-corrected chi connectivity index (χ2v) is 6.49. The molecule has 0 saturated heterocycles. The topological polar surface area (TPSA) is 50.2 Å². The van der Waals surface area contributed by atoms with Crippen LogP contribution < -0.4 is 0 Å². The lowest BCUT2D eigenvalue weighted by Crippen LogP contribution is -1.89. The Labute approximate surface area is 128 Å². The maximum absolute atomic E-state index is 10.9. The number of carboxylic acids is 1. The molecule has 0 unspecified atom stereocenters. The van der Waals surface area contributed by atoms with Crippen molar-refractivity contribution in [2.24, 2.45) is 0 Å². The van der Waals surface area contributed by atoms with Gasteiger partial charge in [0.2, 0.25) is 0 Å². The number of fused-ring (bicyclic) bond motifs is 1. The number of halogens is 1. The van der Waals surface area contributed by atoms with Crippen LogP contribution in [0.4, 0.5) is 0 Å². The van der Waals surface area contributed by atoms with Crippen molar-refractivity contribution in [1.82, 2.24) is 4.98 Å². The first-order valence-electron chi connectivity index (χ1n) is 5.67. The Bertz CT molecular complexity index is 801. The lowest BCUT2D eigenvalue weighted by Gasteiger charge is -2.04. The molecule has 0 aliphatic rings. The Morgan fingerprint density at radius 3 is 2.90 bits per heavy atom. The number of aromatic nitrogens is 1. The Morgan fingerprint density at radius 1 is 1.30 bits per heavy atom. The molecule has 0 spiro atoms. The minimum atomic E-state index is -0.895. The summed E-state index contributed by atoms with van der Waals surface area (Å²) < 4.78 is 0. The van der Waals surface area contributed by atoms with Gasteiger partial charge in [0, 0.05) is 31.8 Å². The van der Waals surface area contributed by atoms with E-state index >= 15 is 0 Å². The molecule has 3 rings (SSSR count). The number of pyridine rings is 1. The van der Waals surface area contributed by atoms with Gasteiger partial charge in [-0.15, -0.1) is 11.3 Å². The van der Waals surface area contributed by atoms with Gasteiger partial charge in [-0.25, -0.2) is 4.79 Å². The summed E-state index contributed by atoms with van der Waals surface area (Å²) in [6.07, 6.45) is 1.73. The lowest BCUT2D eigenvalue weighted by atomic mass is 10.2. The first-order valence-corrected chi connectivity index (χ1v) is 7.75. The quantitative estimate of drug-likeness (QED) is 0.753. The molecular formula is C14H8ClNO2S2. The van der Waals surface area contributed by atoms with Crippen molar-refractivity contribution in [3.63, 3.8) is 0 Å². The van der Waals surface area contributed by atoms with Crippen LogP contribution in [0.15, 0.2) is 51.7 Å². The Hall–Kier alpha value is -1.56.